The second-order valence-electron chi connectivity index (χ2n) is 9.69. The van der Waals surface area contributed by atoms with Crippen molar-refractivity contribution in [3.8, 4) is 11.4 Å². The van der Waals surface area contributed by atoms with E-state index in [1.807, 2.05) is 41.3 Å². The molecule has 0 radical (unpaired) electrons. The third kappa shape index (κ3) is 6.38. The van der Waals surface area contributed by atoms with Crippen LogP contribution in [-0.4, -0.2) is 63.0 Å². The normalized spacial score (nSPS) is 14.9. The number of H-pyrrole nitrogens is 1. The average Bonchev–Trinajstić information content (AvgIpc) is 3.48. The van der Waals surface area contributed by atoms with Crippen LogP contribution in [0.4, 0.5) is 10.1 Å². The summed E-state index contributed by atoms with van der Waals surface area (Å²) in [6.45, 7) is 5.01. The van der Waals surface area contributed by atoms with E-state index >= 15 is 0 Å². The number of halogens is 1. The first-order chi connectivity index (χ1) is 19.0. The van der Waals surface area contributed by atoms with Crippen LogP contribution in [0.25, 0.3) is 11.4 Å². The minimum Gasteiger partial charge on any atom is -0.333 e. The monoisotopic (exact) mass is 526 g/mol. The van der Waals surface area contributed by atoms with Gasteiger partial charge >= 0.3 is 0 Å². The van der Waals surface area contributed by atoms with E-state index in [2.05, 4.69) is 20.1 Å². The first-order valence-corrected chi connectivity index (χ1v) is 13.1. The number of hydrogen-bond donors (Lipinski definition) is 1. The number of amides is 2. The maximum atomic E-state index is 13.8. The highest BCUT2D eigenvalue weighted by Crippen LogP contribution is 2.25. The van der Waals surface area contributed by atoms with Gasteiger partial charge in [-0.25, -0.2) is 9.37 Å². The fourth-order valence-corrected chi connectivity index (χ4v) is 4.94. The number of hydrogen-bond acceptors (Lipinski definition) is 5. The van der Waals surface area contributed by atoms with Crippen molar-refractivity contribution in [3.05, 3.63) is 102 Å². The minimum absolute atomic E-state index is 0.0346. The van der Waals surface area contributed by atoms with Crippen LogP contribution >= 0.6 is 0 Å². The van der Waals surface area contributed by atoms with Gasteiger partial charge in [0.15, 0.2) is 5.82 Å². The summed E-state index contributed by atoms with van der Waals surface area (Å²) in [5.74, 6) is 0.244. The smallest absolute Gasteiger partial charge is 0.254 e. The molecule has 0 aliphatic carbocycles. The Hall–Kier alpha value is -4.37. The zero-order valence-corrected chi connectivity index (χ0v) is 21.9. The Labute approximate surface area is 227 Å². The van der Waals surface area contributed by atoms with Gasteiger partial charge in [-0.2, -0.15) is 5.10 Å². The maximum Gasteiger partial charge on any atom is 0.254 e. The molecular weight excluding hydrogens is 495 g/mol. The van der Waals surface area contributed by atoms with Crippen molar-refractivity contribution in [1.29, 1.82) is 0 Å². The first-order valence-electron chi connectivity index (χ1n) is 13.1. The Bertz CT molecular complexity index is 1410. The van der Waals surface area contributed by atoms with Crippen molar-refractivity contribution in [1.82, 2.24) is 25.0 Å². The number of rotatable bonds is 4. The van der Waals surface area contributed by atoms with E-state index in [-0.39, 0.29) is 17.6 Å². The zero-order valence-electron chi connectivity index (χ0n) is 21.9. The number of nitrogens with zero attached hydrogens (tertiary/aromatic N) is 5. The number of anilines is 1. The second-order valence-corrected chi connectivity index (χ2v) is 9.69. The Morgan fingerprint density at radius 1 is 0.923 bits per heavy atom. The molecule has 1 aliphatic heterocycles. The molecule has 0 unspecified atom stereocenters. The number of fused-ring (bicyclic) bond motifs is 1. The summed E-state index contributed by atoms with van der Waals surface area (Å²) in [7, 11) is 0. The quantitative estimate of drug-likeness (QED) is 0.423. The molecule has 1 aliphatic rings. The van der Waals surface area contributed by atoms with Gasteiger partial charge in [0.1, 0.15) is 12.1 Å². The molecule has 5 rings (SSSR count). The van der Waals surface area contributed by atoms with E-state index in [9.17, 15) is 14.0 Å². The molecule has 0 atom stereocenters. The summed E-state index contributed by atoms with van der Waals surface area (Å²) in [4.78, 5) is 36.6. The molecule has 3 aromatic carbocycles. The van der Waals surface area contributed by atoms with Crippen LogP contribution in [0.15, 0.2) is 79.1 Å². The summed E-state index contributed by atoms with van der Waals surface area (Å²) in [6.07, 6.45) is 2.22. The van der Waals surface area contributed by atoms with E-state index in [4.69, 9.17) is 0 Å². The van der Waals surface area contributed by atoms with Crippen LogP contribution in [0.3, 0.4) is 0 Å². The van der Waals surface area contributed by atoms with Crippen LogP contribution in [0.1, 0.15) is 34.8 Å². The van der Waals surface area contributed by atoms with Crippen molar-refractivity contribution in [2.75, 3.05) is 31.1 Å². The highest BCUT2D eigenvalue weighted by atomic mass is 19.1. The third-order valence-electron chi connectivity index (χ3n) is 6.99. The molecule has 0 spiro atoms. The molecule has 0 saturated heterocycles. The standard InChI is InChI=1S/C30H31FN6O2/c1-22(38)37-16-4-15-35(19-23-7-13-27(31)14-8-23)17-18-36(20-26-5-2-3-6-28(26)37)30(39)25-11-9-24(10-12-25)29-32-21-33-34-29/h2-3,5-14,21H,4,15-20H2,1H3,(H,32,33,34). The molecule has 8 nitrogen and oxygen atoms in total. The molecule has 39 heavy (non-hydrogen) atoms. The topological polar surface area (TPSA) is 85.4 Å². The Kier molecular flexibility index (Phi) is 8.07. The van der Waals surface area contributed by atoms with Crippen molar-refractivity contribution in [3.63, 3.8) is 0 Å². The summed E-state index contributed by atoms with van der Waals surface area (Å²) in [5.41, 5.74) is 4.16. The Morgan fingerprint density at radius 3 is 2.41 bits per heavy atom. The number of benzene rings is 3. The molecule has 9 heteroatoms. The average molecular weight is 527 g/mol. The van der Waals surface area contributed by atoms with E-state index < -0.39 is 0 Å². The van der Waals surface area contributed by atoms with Gasteiger partial charge in [-0.1, -0.05) is 42.5 Å². The molecule has 1 N–H and O–H groups in total. The number of nitrogens with one attached hydrogen (secondary N) is 1. The van der Waals surface area contributed by atoms with Gasteiger partial charge in [0, 0.05) is 63.0 Å². The van der Waals surface area contributed by atoms with Crippen molar-refractivity contribution in [2.24, 2.45) is 0 Å². The van der Waals surface area contributed by atoms with Crippen LogP contribution < -0.4 is 4.90 Å². The molecule has 0 fully saturated rings. The zero-order chi connectivity index (χ0) is 27.2. The largest absolute Gasteiger partial charge is 0.333 e. The lowest BCUT2D eigenvalue weighted by Crippen LogP contribution is -2.38. The highest BCUT2D eigenvalue weighted by molar-refractivity contribution is 5.95. The van der Waals surface area contributed by atoms with E-state index in [1.54, 1.807) is 36.1 Å². The Morgan fingerprint density at radius 2 is 1.69 bits per heavy atom. The van der Waals surface area contributed by atoms with Gasteiger partial charge in [-0.05, 0) is 47.9 Å². The first kappa shape index (κ1) is 26.2. The van der Waals surface area contributed by atoms with Gasteiger partial charge in [-0.3, -0.25) is 19.6 Å². The summed E-state index contributed by atoms with van der Waals surface area (Å²) in [6, 6.07) is 21.6. The molecular formula is C30H31FN6O2. The van der Waals surface area contributed by atoms with Crippen LogP contribution in [0.5, 0.6) is 0 Å². The number of para-hydroxylation sites is 1. The SMILES string of the molecule is CC(=O)N1CCCN(Cc2ccc(F)cc2)CCN(C(=O)c2ccc(-c3ncn[nH]3)cc2)Cc2ccccc21. The predicted octanol–water partition coefficient (Wildman–Crippen LogP) is 4.51. The van der Waals surface area contributed by atoms with Crippen LogP contribution in [0.2, 0.25) is 0 Å². The van der Waals surface area contributed by atoms with Crippen LogP contribution in [-0.2, 0) is 17.9 Å². The lowest BCUT2D eigenvalue weighted by molar-refractivity contribution is -0.116. The molecule has 0 saturated carbocycles. The number of carbonyl (C=O) groups is 2. The van der Waals surface area contributed by atoms with Gasteiger partial charge in [0.2, 0.25) is 5.91 Å². The molecule has 1 aromatic heterocycles. The van der Waals surface area contributed by atoms with Gasteiger partial charge in [0.25, 0.3) is 5.91 Å². The Balaban J connectivity index is 1.44. The lowest BCUT2D eigenvalue weighted by Gasteiger charge is -2.28. The fourth-order valence-electron chi connectivity index (χ4n) is 4.94. The highest BCUT2D eigenvalue weighted by Gasteiger charge is 2.23. The van der Waals surface area contributed by atoms with Gasteiger partial charge in [-0.15, -0.1) is 0 Å². The van der Waals surface area contributed by atoms with Crippen molar-refractivity contribution in [2.45, 2.75) is 26.4 Å². The maximum absolute atomic E-state index is 13.8. The summed E-state index contributed by atoms with van der Waals surface area (Å²) >= 11 is 0. The number of aromatic amines is 1. The number of aromatic nitrogens is 3. The molecule has 2 amide bonds. The van der Waals surface area contributed by atoms with Crippen molar-refractivity contribution < 1.29 is 14.0 Å². The van der Waals surface area contributed by atoms with Crippen LogP contribution in [0, 0.1) is 5.82 Å². The molecule has 4 aromatic rings. The van der Waals surface area contributed by atoms with Gasteiger partial charge < -0.3 is 9.80 Å². The van der Waals surface area contributed by atoms with E-state index in [1.165, 1.54) is 18.5 Å². The second kappa shape index (κ2) is 12.0. The minimum atomic E-state index is -0.267. The van der Waals surface area contributed by atoms with Gasteiger partial charge in [0.05, 0.1) is 0 Å². The molecule has 2 heterocycles. The molecule has 0 bridgehead atoms. The fraction of sp³-hybridized carbons (Fsp3) is 0.267. The summed E-state index contributed by atoms with van der Waals surface area (Å²) in [5, 5.41) is 6.73. The summed E-state index contributed by atoms with van der Waals surface area (Å²) < 4.78 is 13.5. The predicted molar refractivity (Wildman–Crippen MR) is 147 cm³/mol. The third-order valence-corrected chi connectivity index (χ3v) is 6.99. The van der Waals surface area contributed by atoms with E-state index in [0.29, 0.717) is 44.1 Å². The number of carbonyl (C=O) groups excluding carboxylic acids is 2. The van der Waals surface area contributed by atoms with E-state index in [0.717, 1.165) is 35.3 Å². The molecule has 200 valence electrons. The lowest BCUT2D eigenvalue weighted by atomic mass is 10.1. The van der Waals surface area contributed by atoms with Crippen molar-refractivity contribution >= 4 is 17.5 Å².